The highest BCUT2D eigenvalue weighted by molar-refractivity contribution is 5.85. The van der Waals surface area contributed by atoms with E-state index >= 15 is 0 Å². The van der Waals surface area contributed by atoms with Gasteiger partial charge in [-0.05, 0) is 46.9 Å². The Morgan fingerprint density at radius 2 is 1.65 bits per heavy atom. The Bertz CT molecular complexity index is 1030. The predicted octanol–water partition coefficient (Wildman–Crippen LogP) is 4.41. The van der Waals surface area contributed by atoms with E-state index in [4.69, 9.17) is 9.84 Å². The van der Waals surface area contributed by atoms with Gasteiger partial charge in [-0.3, -0.25) is 4.79 Å². The van der Waals surface area contributed by atoms with Crippen LogP contribution in [0.1, 0.15) is 56.6 Å². The van der Waals surface area contributed by atoms with Crippen molar-refractivity contribution >= 4 is 18.0 Å². The maximum absolute atomic E-state index is 12.4. The first-order valence-corrected chi connectivity index (χ1v) is 11.9. The molecule has 34 heavy (non-hydrogen) atoms. The number of likely N-dealkylation sites (tertiary alicyclic amines) is 1. The monoisotopic (exact) mass is 464 g/mol. The van der Waals surface area contributed by atoms with Crippen molar-refractivity contribution in [1.29, 1.82) is 0 Å². The highest BCUT2D eigenvalue weighted by Crippen LogP contribution is 2.44. The molecule has 2 amide bonds. The van der Waals surface area contributed by atoms with Crippen molar-refractivity contribution in [3.63, 3.8) is 0 Å². The number of fused-ring (bicyclic) bond motifs is 3. The average molecular weight is 465 g/mol. The summed E-state index contributed by atoms with van der Waals surface area (Å²) in [7, 11) is 0. The van der Waals surface area contributed by atoms with Crippen LogP contribution >= 0.6 is 0 Å². The van der Waals surface area contributed by atoms with Crippen molar-refractivity contribution in [2.75, 3.05) is 19.7 Å². The largest absolute Gasteiger partial charge is 0.480 e. The van der Waals surface area contributed by atoms with Crippen molar-refractivity contribution in [3.8, 4) is 11.1 Å². The van der Waals surface area contributed by atoms with Crippen LogP contribution in [0.3, 0.4) is 0 Å². The molecule has 7 nitrogen and oxygen atoms in total. The lowest BCUT2D eigenvalue weighted by molar-refractivity contribution is -0.157. The van der Waals surface area contributed by atoms with E-state index < -0.39 is 18.1 Å². The number of carboxylic acid groups (broad SMARTS) is 1. The first kappa shape index (κ1) is 23.8. The van der Waals surface area contributed by atoms with Gasteiger partial charge in [-0.15, -0.1) is 0 Å². The van der Waals surface area contributed by atoms with Gasteiger partial charge in [-0.1, -0.05) is 62.4 Å². The third-order valence-corrected chi connectivity index (χ3v) is 7.06. The van der Waals surface area contributed by atoms with Crippen LogP contribution in [0.25, 0.3) is 11.1 Å². The minimum atomic E-state index is -0.939. The number of carboxylic acids is 1. The Morgan fingerprint density at radius 3 is 2.21 bits per heavy atom. The van der Waals surface area contributed by atoms with Crippen LogP contribution in [0.2, 0.25) is 0 Å². The second-order valence-electron chi connectivity index (χ2n) is 9.90. The molecule has 0 aromatic heterocycles. The topological polar surface area (TPSA) is 95.9 Å². The van der Waals surface area contributed by atoms with Crippen LogP contribution in [0.15, 0.2) is 48.5 Å². The summed E-state index contributed by atoms with van der Waals surface area (Å²) in [6.45, 7) is 5.33. The van der Waals surface area contributed by atoms with Crippen molar-refractivity contribution in [2.24, 2.45) is 5.41 Å². The zero-order valence-electron chi connectivity index (χ0n) is 19.8. The molecule has 2 N–H and O–H groups in total. The third-order valence-electron chi connectivity index (χ3n) is 7.06. The highest BCUT2D eigenvalue weighted by Gasteiger charge is 2.37. The van der Waals surface area contributed by atoms with Crippen molar-refractivity contribution in [3.05, 3.63) is 59.7 Å². The minimum Gasteiger partial charge on any atom is -0.480 e. The normalized spacial score (nSPS) is 16.9. The Morgan fingerprint density at radius 1 is 1.03 bits per heavy atom. The predicted molar refractivity (Wildman–Crippen MR) is 128 cm³/mol. The summed E-state index contributed by atoms with van der Waals surface area (Å²) in [5, 5.41) is 11.9. The molecule has 0 spiro atoms. The molecule has 4 rings (SSSR count). The fourth-order valence-corrected chi connectivity index (χ4v) is 4.81. The summed E-state index contributed by atoms with van der Waals surface area (Å²) in [6.07, 6.45) is 1.70. The van der Waals surface area contributed by atoms with E-state index in [1.54, 1.807) is 0 Å². The number of ether oxygens (including phenoxy) is 1. The summed E-state index contributed by atoms with van der Waals surface area (Å²) >= 11 is 0. The van der Waals surface area contributed by atoms with Gasteiger partial charge in [0.25, 0.3) is 0 Å². The molecule has 1 saturated heterocycles. The van der Waals surface area contributed by atoms with E-state index in [-0.39, 0.29) is 23.8 Å². The SMILES string of the molecule is CC(C)(CCNC(=O)OCC1c2ccccc2-c2ccccc21)CCC(=O)N1CCC1C(=O)O. The number of hydrogen-bond acceptors (Lipinski definition) is 4. The Kier molecular flexibility index (Phi) is 6.91. The van der Waals surface area contributed by atoms with Gasteiger partial charge in [0.15, 0.2) is 0 Å². The van der Waals surface area contributed by atoms with Gasteiger partial charge < -0.3 is 20.1 Å². The third kappa shape index (κ3) is 5.08. The second kappa shape index (κ2) is 9.87. The first-order chi connectivity index (χ1) is 16.3. The number of hydrogen-bond donors (Lipinski definition) is 2. The van der Waals surface area contributed by atoms with Gasteiger partial charge >= 0.3 is 12.1 Å². The van der Waals surface area contributed by atoms with E-state index in [2.05, 4.69) is 29.6 Å². The van der Waals surface area contributed by atoms with Gasteiger partial charge in [0.2, 0.25) is 5.91 Å². The fraction of sp³-hybridized carbons (Fsp3) is 0.444. The Labute approximate surface area is 200 Å². The molecule has 1 unspecified atom stereocenters. The number of benzene rings is 2. The molecule has 2 aliphatic rings. The molecule has 7 heteroatoms. The number of amides is 2. The quantitative estimate of drug-likeness (QED) is 0.573. The molecule has 1 fully saturated rings. The summed E-state index contributed by atoms with van der Waals surface area (Å²) < 4.78 is 5.57. The van der Waals surface area contributed by atoms with E-state index in [1.165, 1.54) is 27.2 Å². The summed E-state index contributed by atoms with van der Waals surface area (Å²) in [5.74, 6) is -1.03. The lowest BCUT2D eigenvalue weighted by Gasteiger charge is -2.38. The van der Waals surface area contributed by atoms with Gasteiger partial charge in [0, 0.05) is 25.4 Å². The van der Waals surface area contributed by atoms with E-state index in [9.17, 15) is 14.4 Å². The maximum Gasteiger partial charge on any atom is 0.407 e. The number of carbonyl (C=O) groups is 3. The van der Waals surface area contributed by atoms with Crippen LogP contribution in [-0.4, -0.2) is 53.7 Å². The number of alkyl carbamates (subject to hydrolysis) is 1. The molecule has 0 saturated carbocycles. The molecule has 180 valence electrons. The zero-order chi connectivity index (χ0) is 24.3. The van der Waals surface area contributed by atoms with Crippen LogP contribution in [0, 0.1) is 5.41 Å². The van der Waals surface area contributed by atoms with E-state index in [0.717, 1.165) is 0 Å². The fourth-order valence-electron chi connectivity index (χ4n) is 4.81. The van der Waals surface area contributed by atoms with Crippen LogP contribution in [0.4, 0.5) is 4.79 Å². The van der Waals surface area contributed by atoms with Crippen molar-refractivity contribution < 1.29 is 24.2 Å². The highest BCUT2D eigenvalue weighted by atomic mass is 16.5. The molecule has 2 aromatic carbocycles. The second-order valence-corrected chi connectivity index (χ2v) is 9.90. The number of nitrogens with one attached hydrogen (secondary N) is 1. The molecular formula is C27H32N2O5. The molecular weight excluding hydrogens is 432 g/mol. The molecule has 1 atom stereocenters. The van der Waals surface area contributed by atoms with Crippen LogP contribution in [-0.2, 0) is 14.3 Å². The zero-order valence-corrected chi connectivity index (χ0v) is 19.8. The molecule has 1 aliphatic heterocycles. The smallest absolute Gasteiger partial charge is 0.407 e. The number of rotatable bonds is 9. The molecule has 0 bridgehead atoms. The van der Waals surface area contributed by atoms with Crippen LogP contribution < -0.4 is 5.32 Å². The van der Waals surface area contributed by atoms with Crippen LogP contribution in [0.5, 0.6) is 0 Å². The summed E-state index contributed by atoms with van der Waals surface area (Å²) in [4.78, 5) is 37.2. The first-order valence-electron chi connectivity index (χ1n) is 11.9. The molecule has 1 aliphatic carbocycles. The lowest BCUT2D eigenvalue weighted by Crippen LogP contribution is -2.55. The standard InChI is InChI=1S/C27H32N2O5/c1-27(2,13-11-24(30)29-16-12-23(29)25(31)32)14-15-28-26(33)34-17-22-20-9-5-3-7-18(20)19-8-4-6-10-21(19)22/h3-10,22-23H,11-17H2,1-2H3,(H,28,33)(H,31,32). The minimum absolute atomic E-state index is 0.0248. The van der Waals surface area contributed by atoms with Gasteiger partial charge in [0.1, 0.15) is 12.6 Å². The average Bonchev–Trinajstić information content (AvgIpc) is 3.09. The number of nitrogens with zero attached hydrogens (tertiary/aromatic N) is 1. The number of aliphatic carboxylic acids is 1. The number of carbonyl (C=O) groups excluding carboxylic acids is 2. The van der Waals surface area contributed by atoms with Crippen molar-refractivity contribution in [2.45, 2.75) is 51.5 Å². The van der Waals surface area contributed by atoms with E-state index in [1.807, 2.05) is 38.1 Å². The molecule has 0 radical (unpaired) electrons. The molecule has 1 heterocycles. The summed E-state index contributed by atoms with van der Waals surface area (Å²) in [5.41, 5.74) is 4.56. The maximum atomic E-state index is 12.4. The van der Waals surface area contributed by atoms with Gasteiger partial charge in [-0.25, -0.2) is 9.59 Å². The Hall–Kier alpha value is -3.35. The Balaban J connectivity index is 1.21. The van der Waals surface area contributed by atoms with Gasteiger partial charge in [0.05, 0.1) is 0 Å². The van der Waals surface area contributed by atoms with E-state index in [0.29, 0.717) is 38.8 Å². The van der Waals surface area contributed by atoms with Gasteiger partial charge in [-0.2, -0.15) is 0 Å². The molecule has 2 aromatic rings. The lowest BCUT2D eigenvalue weighted by atomic mass is 9.84. The van der Waals surface area contributed by atoms with Crippen molar-refractivity contribution in [1.82, 2.24) is 10.2 Å². The summed E-state index contributed by atoms with van der Waals surface area (Å²) in [6, 6.07) is 15.8.